The first-order valence-corrected chi connectivity index (χ1v) is 4.47. The molecule has 0 radical (unpaired) electrons. The van der Waals surface area contributed by atoms with Crippen LogP contribution in [-0.2, 0) is 0 Å². The van der Waals surface area contributed by atoms with Crippen LogP contribution in [0.15, 0.2) is 0 Å². The lowest BCUT2D eigenvalue weighted by Crippen LogP contribution is -2.12. The number of nitrogens with zero attached hydrogens (tertiary/aromatic N) is 3. The Bertz CT molecular complexity index is 454. The summed E-state index contributed by atoms with van der Waals surface area (Å²) in [5.41, 5.74) is 1.88. The van der Waals surface area contributed by atoms with Gasteiger partial charge in [0.15, 0.2) is 6.10 Å². The molecule has 0 amide bonds. The Hall–Kier alpha value is -2.07. The molecule has 1 atom stereocenters. The largest absolute Gasteiger partial charge is 0.459 e. The number of hydrogen-bond donors (Lipinski definition) is 0. The fraction of sp³-hybridized carbons (Fsp3) is 0.364. The Balaban J connectivity index is 3.16. The Morgan fingerprint density at radius 3 is 2.60 bits per heavy atom. The molecule has 0 aliphatic heterocycles. The minimum absolute atomic E-state index is 0.200. The van der Waals surface area contributed by atoms with E-state index in [2.05, 4.69) is 16.1 Å². The molecule has 76 valence electrons. The molecule has 1 aromatic heterocycles. The molecule has 15 heavy (non-hydrogen) atoms. The van der Waals surface area contributed by atoms with E-state index in [-0.39, 0.29) is 5.88 Å². The molecular formula is C11H11N3O. The molecule has 0 saturated heterocycles. The van der Waals surface area contributed by atoms with Crippen molar-refractivity contribution in [3.8, 4) is 24.3 Å². The standard InChI is InChI=1S/C11H11N3O/c1-5-7(2)15-11-10(6-12)8(3)9(4)13-14-11/h1,7H,2-4H3. The normalized spacial score (nSPS) is 11.3. The maximum Gasteiger partial charge on any atom is 0.253 e. The van der Waals surface area contributed by atoms with Crippen LogP contribution in [0.3, 0.4) is 0 Å². The fourth-order valence-electron chi connectivity index (χ4n) is 1.00. The molecule has 0 aliphatic rings. The molecule has 0 aliphatic carbocycles. The average molecular weight is 201 g/mol. The van der Waals surface area contributed by atoms with E-state index in [0.717, 1.165) is 5.56 Å². The zero-order chi connectivity index (χ0) is 11.4. The molecule has 1 heterocycles. The number of rotatable bonds is 2. The van der Waals surface area contributed by atoms with Gasteiger partial charge in [-0.15, -0.1) is 11.5 Å². The van der Waals surface area contributed by atoms with Crippen molar-refractivity contribution in [3.05, 3.63) is 16.8 Å². The second-order valence-corrected chi connectivity index (χ2v) is 3.13. The number of ether oxygens (including phenoxy) is 1. The maximum absolute atomic E-state index is 8.96. The second-order valence-electron chi connectivity index (χ2n) is 3.13. The molecule has 4 heteroatoms. The van der Waals surface area contributed by atoms with Crippen LogP contribution in [-0.4, -0.2) is 16.3 Å². The van der Waals surface area contributed by atoms with Crippen molar-refractivity contribution < 1.29 is 4.74 Å². The Labute approximate surface area is 88.9 Å². The summed E-state index contributed by atoms with van der Waals surface area (Å²) in [5, 5.41) is 16.6. The topological polar surface area (TPSA) is 58.8 Å². The van der Waals surface area contributed by atoms with Crippen LogP contribution in [0.4, 0.5) is 0 Å². The first-order valence-electron chi connectivity index (χ1n) is 4.47. The van der Waals surface area contributed by atoms with Gasteiger partial charge >= 0.3 is 0 Å². The van der Waals surface area contributed by atoms with E-state index in [1.165, 1.54) is 0 Å². The van der Waals surface area contributed by atoms with Gasteiger partial charge in [0, 0.05) is 0 Å². The SMILES string of the molecule is C#CC(C)Oc1nnc(C)c(C)c1C#N. The summed E-state index contributed by atoms with van der Waals surface area (Å²) in [6.45, 7) is 5.30. The quantitative estimate of drug-likeness (QED) is 0.678. The third-order valence-corrected chi connectivity index (χ3v) is 2.06. The van der Waals surface area contributed by atoms with Gasteiger partial charge in [-0.25, -0.2) is 0 Å². The molecule has 1 aromatic rings. The molecule has 1 rings (SSSR count). The van der Waals surface area contributed by atoms with E-state index >= 15 is 0 Å². The Morgan fingerprint density at radius 2 is 2.07 bits per heavy atom. The number of hydrogen-bond acceptors (Lipinski definition) is 4. The van der Waals surface area contributed by atoms with Crippen molar-refractivity contribution >= 4 is 0 Å². The molecule has 0 N–H and O–H groups in total. The highest BCUT2D eigenvalue weighted by molar-refractivity contribution is 5.45. The van der Waals surface area contributed by atoms with E-state index in [4.69, 9.17) is 16.4 Å². The zero-order valence-corrected chi connectivity index (χ0v) is 8.90. The fourth-order valence-corrected chi connectivity index (χ4v) is 1.00. The van der Waals surface area contributed by atoms with Crippen molar-refractivity contribution in [1.82, 2.24) is 10.2 Å². The first kappa shape index (κ1) is 11.0. The average Bonchev–Trinajstić information content (AvgIpc) is 2.24. The van der Waals surface area contributed by atoms with Crippen LogP contribution in [0.5, 0.6) is 5.88 Å². The highest BCUT2D eigenvalue weighted by Gasteiger charge is 2.13. The minimum Gasteiger partial charge on any atom is -0.459 e. The predicted octanol–water partition coefficient (Wildman–Crippen LogP) is 1.37. The third kappa shape index (κ3) is 2.24. The molecule has 0 spiro atoms. The van der Waals surface area contributed by atoms with Crippen molar-refractivity contribution in [3.63, 3.8) is 0 Å². The minimum atomic E-state index is -0.423. The van der Waals surface area contributed by atoms with Gasteiger partial charge in [0.05, 0.1) is 5.69 Å². The highest BCUT2D eigenvalue weighted by atomic mass is 16.5. The summed E-state index contributed by atoms with van der Waals surface area (Å²) >= 11 is 0. The van der Waals surface area contributed by atoms with Crippen LogP contribution < -0.4 is 4.74 Å². The van der Waals surface area contributed by atoms with Crippen LogP contribution in [0, 0.1) is 37.5 Å². The Kier molecular flexibility index (Phi) is 3.25. The third-order valence-electron chi connectivity index (χ3n) is 2.06. The van der Waals surface area contributed by atoms with Crippen LogP contribution in [0.25, 0.3) is 0 Å². The predicted molar refractivity (Wildman–Crippen MR) is 55.1 cm³/mol. The van der Waals surface area contributed by atoms with Crippen molar-refractivity contribution in [2.24, 2.45) is 0 Å². The summed E-state index contributed by atoms with van der Waals surface area (Å²) in [6.07, 6.45) is 4.75. The lowest BCUT2D eigenvalue weighted by Gasteiger charge is -2.10. The maximum atomic E-state index is 8.96. The zero-order valence-electron chi connectivity index (χ0n) is 8.90. The van der Waals surface area contributed by atoms with Gasteiger partial charge < -0.3 is 4.74 Å². The van der Waals surface area contributed by atoms with E-state index in [1.54, 1.807) is 20.8 Å². The van der Waals surface area contributed by atoms with Gasteiger partial charge in [0.25, 0.3) is 5.88 Å². The molecule has 0 bridgehead atoms. The van der Waals surface area contributed by atoms with Gasteiger partial charge in [0.1, 0.15) is 11.6 Å². The number of terminal acetylenes is 1. The smallest absolute Gasteiger partial charge is 0.253 e. The summed E-state index contributed by atoms with van der Waals surface area (Å²) < 4.78 is 5.29. The number of aryl methyl sites for hydroxylation is 1. The van der Waals surface area contributed by atoms with Crippen molar-refractivity contribution in [1.29, 1.82) is 5.26 Å². The molecule has 0 saturated carbocycles. The van der Waals surface area contributed by atoms with Gasteiger partial charge in [0.2, 0.25) is 0 Å². The van der Waals surface area contributed by atoms with E-state index in [9.17, 15) is 0 Å². The summed E-state index contributed by atoms with van der Waals surface area (Å²) in [6, 6.07) is 2.04. The van der Waals surface area contributed by atoms with E-state index < -0.39 is 6.10 Å². The summed E-state index contributed by atoms with van der Waals surface area (Å²) in [7, 11) is 0. The lowest BCUT2D eigenvalue weighted by atomic mass is 10.1. The monoisotopic (exact) mass is 201 g/mol. The van der Waals surface area contributed by atoms with Gasteiger partial charge in [-0.1, -0.05) is 5.92 Å². The lowest BCUT2D eigenvalue weighted by molar-refractivity contribution is 0.263. The molecular weight excluding hydrogens is 190 g/mol. The Morgan fingerprint density at radius 1 is 1.40 bits per heavy atom. The number of nitriles is 1. The van der Waals surface area contributed by atoms with Crippen LogP contribution in [0.1, 0.15) is 23.7 Å². The van der Waals surface area contributed by atoms with Crippen LogP contribution in [0.2, 0.25) is 0 Å². The van der Waals surface area contributed by atoms with E-state index in [0.29, 0.717) is 11.3 Å². The number of aromatic nitrogens is 2. The van der Waals surface area contributed by atoms with Crippen LogP contribution >= 0.6 is 0 Å². The molecule has 1 unspecified atom stereocenters. The van der Waals surface area contributed by atoms with Gasteiger partial charge in [-0.2, -0.15) is 10.4 Å². The van der Waals surface area contributed by atoms with E-state index in [1.807, 2.05) is 6.07 Å². The molecule has 0 fully saturated rings. The molecule has 4 nitrogen and oxygen atoms in total. The van der Waals surface area contributed by atoms with Gasteiger partial charge in [-0.05, 0) is 26.3 Å². The van der Waals surface area contributed by atoms with Crippen molar-refractivity contribution in [2.75, 3.05) is 0 Å². The second kappa shape index (κ2) is 4.43. The molecule has 0 aromatic carbocycles. The van der Waals surface area contributed by atoms with Gasteiger partial charge in [-0.3, -0.25) is 0 Å². The summed E-state index contributed by atoms with van der Waals surface area (Å²) in [5.74, 6) is 2.60. The summed E-state index contributed by atoms with van der Waals surface area (Å²) in [4.78, 5) is 0. The highest BCUT2D eigenvalue weighted by Crippen LogP contribution is 2.19. The van der Waals surface area contributed by atoms with Crippen molar-refractivity contribution in [2.45, 2.75) is 26.9 Å². The first-order chi connectivity index (χ1) is 7.10.